The number of pyridine rings is 1. The van der Waals surface area contributed by atoms with Gasteiger partial charge in [0.05, 0.1) is 17.1 Å². The SMILES string of the molecule is C=CC(=O)N1CCCCC(n2c(NC(=O)c3ccnc(C)c3)nc3ccc(O)c(Cl)c32)C1. The summed E-state index contributed by atoms with van der Waals surface area (Å²) in [6, 6.07) is 6.25. The molecular formula is C23H24ClN5O3. The van der Waals surface area contributed by atoms with E-state index in [-0.39, 0.29) is 28.6 Å². The third-order valence-corrected chi connectivity index (χ3v) is 6.02. The minimum Gasteiger partial charge on any atom is -0.506 e. The van der Waals surface area contributed by atoms with Gasteiger partial charge in [-0.15, -0.1) is 0 Å². The van der Waals surface area contributed by atoms with Crippen molar-refractivity contribution in [2.45, 2.75) is 32.2 Å². The zero-order chi connectivity index (χ0) is 22.8. The second-order valence-electron chi connectivity index (χ2n) is 7.85. The van der Waals surface area contributed by atoms with Gasteiger partial charge < -0.3 is 14.6 Å². The molecule has 9 heteroatoms. The fraction of sp³-hybridized carbons (Fsp3) is 0.304. The zero-order valence-electron chi connectivity index (χ0n) is 17.7. The fourth-order valence-electron chi connectivity index (χ4n) is 4.10. The molecule has 1 aliphatic rings. The molecule has 1 aromatic carbocycles. The number of phenolic OH excluding ortho intramolecular Hbond substituents is 1. The molecule has 1 fully saturated rings. The van der Waals surface area contributed by atoms with E-state index in [1.165, 1.54) is 12.1 Å². The summed E-state index contributed by atoms with van der Waals surface area (Å²) in [5.74, 6) is -0.242. The number of phenols is 1. The van der Waals surface area contributed by atoms with Crippen LogP contribution in [0, 0.1) is 6.92 Å². The Hall–Kier alpha value is -3.39. The van der Waals surface area contributed by atoms with Crippen LogP contribution in [-0.2, 0) is 4.79 Å². The summed E-state index contributed by atoms with van der Waals surface area (Å²) in [5, 5.41) is 13.3. The van der Waals surface area contributed by atoms with E-state index in [2.05, 4.69) is 21.9 Å². The van der Waals surface area contributed by atoms with Crippen LogP contribution in [0.5, 0.6) is 5.75 Å². The second kappa shape index (κ2) is 9.00. The molecule has 8 nitrogen and oxygen atoms in total. The number of rotatable bonds is 4. The van der Waals surface area contributed by atoms with Crippen molar-refractivity contribution in [1.82, 2.24) is 19.4 Å². The number of amides is 2. The lowest BCUT2D eigenvalue weighted by atomic mass is 10.1. The van der Waals surface area contributed by atoms with Crippen molar-refractivity contribution in [3.63, 3.8) is 0 Å². The van der Waals surface area contributed by atoms with E-state index in [9.17, 15) is 14.7 Å². The number of nitrogens with one attached hydrogen (secondary N) is 1. The van der Waals surface area contributed by atoms with Crippen LogP contribution in [0.4, 0.5) is 5.95 Å². The van der Waals surface area contributed by atoms with E-state index in [0.29, 0.717) is 35.6 Å². The largest absolute Gasteiger partial charge is 0.506 e. The van der Waals surface area contributed by atoms with Gasteiger partial charge in [-0.1, -0.05) is 18.2 Å². The van der Waals surface area contributed by atoms with Crippen LogP contribution in [-0.4, -0.2) is 49.4 Å². The number of carbonyl (C=O) groups is 2. The van der Waals surface area contributed by atoms with Crippen molar-refractivity contribution < 1.29 is 14.7 Å². The van der Waals surface area contributed by atoms with E-state index in [0.717, 1.165) is 25.0 Å². The predicted molar refractivity (Wildman–Crippen MR) is 123 cm³/mol. The fourth-order valence-corrected chi connectivity index (χ4v) is 4.35. The number of fused-ring (bicyclic) bond motifs is 1. The Balaban J connectivity index is 1.80. The van der Waals surface area contributed by atoms with Gasteiger partial charge in [0.2, 0.25) is 11.9 Å². The van der Waals surface area contributed by atoms with Crippen molar-refractivity contribution in [2.24, 2.45) is 0 Å². The van der Waals surface area contributed by atoms with Gasteiger partial charge in [-0.3, -0.25) is 19.9 Å². The number of halogens is 1. The number of hydrogen-bond acceptors (Lipinski definition) is 5. The van der Waals surface area contributed by atoms with Crippen LogP contribution in [0.2, 0.25) is 5.02 Å². The minimum absolute atomic E-state index is 0.0735. The van der Waals surface area contributed by atoms with Gasteiger partial charge >= 0.3 is 0 Å². The number of anilines is 1. The third-order valence-electron chi connectivity index (χ3n) is 5.65. The number of nitrogens with zero attached hydrogens (tertiary/aromatic N) is 4. The van der Waals surface area contributed by atoms with Crippen molar-refractivity contribution in [3.8, 4) is 5.75 Å². The lowest BCUT2D eigenvalue weighted by Crippen LogP contribution is -2.34. The number of aryl methyl sites for hydroxylation is 1. The van der Waals surface area contributed by atoms with Crippen LogP contribution < -0.4 is 5.32 Å². The number of aromatic hydroxyl groups is 1. The summed E-state index contributed by atoms with van der Waals surface area (Å²) in [4.78, 5) is 35.8. The normalized spacial score (nSPS) is 16.6. The zero-order valence-corrected chi connectivity index (χ0v) is 18.5. The smallest absolute Gasteiger partial charge is 0.258 e. The van der Waals surface area contributed by atoms with Crippen LogP contribution in [0.3, 0.4) is 0 Å². The van der Waals surface area contributed by atoms with Gasteiger partial charge in [0.1, 0.15) is 10.8 Å². The molecule has 0 radical (unpaired) electrons. The van der Waals surface area contributed by atoms with Crippen LogP contribution in [0.25, 0.3) is 11.0 Å². The molecular weight excluding hydrogens is 430 g/mol. The number of imidazole rings is 1. The molecule has 1 saturated heterocycles. The number of carbonyl (C=O) groups excluding carboxylic acids is 2. The van der Waals surface area contributed by atoms with Gasteiger partial charge in [0.15, 0.2) is 0 Å². The molecule has 0 spiro atoms. The van der Waals surface area contributed by atoms with Gasteiger partial charge in [0.25, 0.3) is 5.91 Å². The quantitative estimate of drug-likeness (QED) is 0.579. The molecule has 3 heterocycles. The maximum atomic E-state index is 13.0. The molecule has 4 rings (SSSR count). The highest BCUT2D eigenvalue weighted by molar-refractivity contribution is 6.36. The highest BCUT2D eigenvalue weighted by Gasteiger charge is 2.28. The first-order valence-corrected chi connectivity index (χ1v) is 10.8. The highest BCUT2D eigenvalue weighted by atomic mass is 35.5. The van der Waals surface area contributed by atoms with E-state index < -0.39 is 0 Å². The number of likely N-dealkylation sites (tertiary alicyclic amines) is 1. The van der Waals surface area contributed by atoms with Gasteiger partial charge in [-0.25, -0.2) is 4.98 Å². The van der Waals surface area contributed by atoms with Crippen molar-refractivity contribution in [2.75, 3.05) is 18.4 Å². The molecule has 2 amide bonds. The summed E-state index contributed by atoms with van der Waals surface area (Å²) in [5.41, 5.74) is 2.24. The van der Waals surface area contributed by atoms with E-state index in [4.69, 9.17) is 11.6 Å². The summed E-state index contributed by atoms with van der Waals surface area (Å²) in [7, 11) is 0. The topological polar surface area (TPSA) is 100 Å². The summed E-state index contributed by atoms with van der Waals surface area (Å²) in [6.07, 6.45) is 5.39. The molecule has 166 valence electrons. The minimum atomic E-state index is -0.333. The molecule has 2 aromatic heterocycles. The Kier molecular flexibility index (Phi) is 6.14. The number of aromatic nitrogens is 3. The molecule has 0 saturated carbocycles. The van der Waals surface area contributed by atoms with Crippen LogP contribution >= 0.6 is 11.6 Å². The number of hydrogen-bond donors (Lipinski definition) is 2. The Labute approximate surface area is 190 Å². The summed E-state index contributed by atoms with van der Waals surface area (Å²) in [6.45, 7) is 6.46. The van der Waals surface area contributed by atoms with Crippen molar-refractivity contribution in [1.29, 1.82) is 0 Å². The third kappa shape index (κ3) is 4.18. The second-order valence-corrected chi connectivity index (χ2v) is 8.23. The maximum absolute atomic E-state index is 13.0. The summed E-state index contributed by atoms with van der Waals surface area (Å²) < 4.78 is 1.83. The molecule has 32 heavy (non-hydrogen) atoms. The molecule has 0 bridgehead atoms. The average molecular weight is 454 g/mol. The average Bonchev–Trinajstić information content (AvgIpc) is 2.97. The van der Waals surface area contributed by atoms with Crippen LogP contribution in [0.1, 0.15) is 41.4 Å². The standard InChI is InChI=1S/C23H24ClN5O3/c1-3-19(31)28-11-5-4-6-16(13-28)29-21-17(7-8-18(30)20(21)24)26-23(29)27-22(32)15-9-10-25-14(2)12-15/h3,7-10,12,16,30H,1,4-6,11,13H2,2H3,(H,26,27,32). The predicted octanol–water partition coefficient (Wildman–Crippen LogP) is 4.09. The van der Waals surface area contributed by atoms with Crippen LogP contribution in [0.15, 0.2) is 43.1 Å². The van der Waals surface area contributed by atoms with E-state index in [1.807, 2.05) is 11.5 Å². The number of benzene rings is 1. The van der Waals surface area contributed by atoms with Gasteiger partial charge in [0, 0.05) is 30.5 Å². The van der Waals surface area contributed by atoms with Crippen molar-refractivity contribution in [3.05, 3.63) is 59.4 Å². The highest BCUT2D eigenvalue weighted by Crippen LogP contribution is 2.37. The first-order chi connectivity index (χ1) is 15.4. The van der Waals surface area contributed by atoms with Crippen molar-refractivity contribution >= 4 is 40.4 Å². The van der Waals surface area contributed by atoms with Gasteiger partial charge in [-0.2, -0.15) is 0 Å². The Morgan fingerprint density at radius 3 is 2.88 bits per heavy atom. The molecule has 1 aliphatic heterocycles. The molecule has 2 N–H and O–H groups in total. The maximum Gasteiger partial charge on any atom is 0.258 e. The summed E-state index contributed by atoms with van der Waals surface area (Å²) >= 11 is 6.48. The first kappa shape index (κ1) is 21.8. The Morgan fingerprint density at radius 1 is 1.31 bits per heavy atom. The first-order valence-electron chi connectivity index (χ1n) is 10.4. The van der Waals surface area contributed by atoms with E-state index >= 15 is 0 Å². The van der Waals surface area contributed by atoms with E-state index in [1.54, 1.807) is 29.3 Å². The monoisotopic (exact) mass is 453 g/mol. The molecule has 1 atom stereocenters. The molecule has 0 aliphatic carbocycles. The van der Waals surface area contributed by atoms with Gasteiger partial charge in [-0.05, 0) is 56.5 Å². The lowest BCUT2D eigenvalue weighted by molar-refractivity contribution is -0.126. The Bertz CT molecular complexity index is 1210. The molecule has 1 unspecified atom stereocenters. The Morgan fingerprint density at radius 2 is 2.12 bits per heavy atom. The lowest BCUT2D eigenvalue weighted by Gasteiger charge is -2.26. The molecule has 3 aromatic rings.